The van der Waals surface area contributed by atoms with Crippen molar-refractivity contribution in [2.24, 2.45) is 5.92 Å². The van der Waals surface area contributed by atoms with Crippen molar-refractivity contribution >= 4 is 5.97 Å². The van der Waals surface area contributed by atoms with E-state index in [1.54, 1.807) is 0 Å². The minimum atomic E-state index is -0.572. The Balaban J connectivity index is 3.85. The second-order valence-corrected chi connectivity index (χ2v) is 5.93. The van der Waals surface area contributed by atoms with Crippen molar-refractivity contribution < 1.29 is 14.6 Å². The molecular weight excluding hydrogens is 216 g/mol. The Labute approximate surface area is 106 Å². The number of rotatable bonds is 7. The summed E-state index contributed by atoms with van der Waals surface area (Å²) in [5, 5.41) is 9.79. The van der Waals surface area contributed by atoms with Crippen LogP contribution in [-0.4, -0.2) is 22.8 Å². The predicted octanol–water partition coefficient (Wildman–Crippen LogP) is 3.30. The van der Waals surface area contributed by atoms with Crippen LogP contribution in [0.1, 0.15) is 66.7 Å². The Morgan fingerprint density at radius 3 is 2.41 bits per heavy atom. The van der Waals surface area contributed by atoms with Gasteiger partial charge in [0.05, 0.1) is 12.5 Å². The summed E-state index contributed by atoms with van der Waals surface area (Å²) >= 11 is 0. The molecule has 0 saturated heterocycles. The van der Waals surface area contributed by atoms with Crippen molar-refractivity contribution in [2.45, 2.75) is 78.4 Å². The van der Waals surface area contributed by atoms with Gasteiger partial charge in [-0.1, -0.05) is 33.1 Å². The van der Waals surface area contributed by atoms with Gasteiger partial charge in [0.15, 0.2) is 0 Å². The molecule has 0 saturated carbocycles. The van der Waals surface area contributed by atoms with Crippen LogP contribution in [-0.2, 0) is 9.53 Å². The SMILES string of the molecule is CCCC[C@@H](C)C[C@H](O)CC(=O)OC(C)(C)C. The molecule has 3 nitrogen and oxygen atoms in total. The molecule has 0 fully saturated rings. The molecule has 0 aromatic rings. The Kier molecular flexibility index (Phi) is 7.44. The van der Waals surface area contributed by atoms with Gasteiger partial charge in [-0.3, -0.25) is 4.79 Å². The summed E-state index contributed by atoms with van der Waals surface area (Å²) in [7, 11) is 0. The lowest BCUT2D eigenvalue weighted by Crippen LogP contribution is -2.27. The third-order valence-electron chi connectivity index (χ3n) is 2.55. The van der Waals surface area contributed by atoms with Crippen molar-refractivity contribution in [3.63, 3.8) is 0 Å². The first kappa shape index (κ1) is 16.4. The highest BCUT2D eigenvalue weighted by molar-refractivity contribution is 5.70. The van der Waals surface area contributed by atoms with E-state index in [2.05, 4.69) is 13.8 Å². The van der Waals surface area contributed by atoms with Gasteiger partial charge in [0, 0.05) is 0 Å². The van der Waals surface area contributed by atoms with E-state index in [0.29, 0.717) is 12.3 Å². The van der Waals surface area contributed by atoms with E-state index < -0.39 is 11.7 Å². The molecule has 0 rings (SSSR count). The van der Waals surface area contributed by atoms with Crippen LogP contribution >= 0.6 is 0 Å². The number of unbranched alkanes of at least 4 members (excludes halogenated alkanes) is 1. The fourth-order valence-corrected chi connectivity index (χ4v) is 1.79. The summed E-state index contributed by atoms with van der Waals surface area (Å²) in [6, 6.07) is 0. The van der Waals surface area contributed by atoms with Crippen LogP contribution in [0.4, 0.5) is 0 Å². The number of aliphatic hydroxyl groups excluding tert-OH is 1. The van der Waals surface area contributed by atoms with E-state index in [0.717, 1.165) is 6.42 Å². The Hall–Kier alpha value is -0.570. The standard InChI is InChI=1S/C14H28O3/c1-6-7-8-11(2)9-12(15)10-13(16)17-14(3,4)5/h11-12,15H,6-10H2,1-5H3/t11-,12+/m1/s1. The first-order valence-corrected chi connectivity index (χ1v) is 6.64. The zero-order valence-electron chi connectivity index (χ0n) is 12.0. The average molecular weight is 244 g/mol. The first-order valence-electron chi connectivity index (χ1n) is 6.64. The maximum Gasteiger partial charge on any atom is 0.308 e. The highest BCUT2D eigenvalue weighted by atomic mass is 16.6. The largest absolute Gasteiger partial charge is 0.460 e. The van der Waals surface area contributed by atoms with Gasteiger partial charge < -0.3 is 9.84 Å². The van der Waals surface area contributed by atoms with Crippen molar-refractivity contribution in [3.05, 3.63) is 0 Å². The second-order valence-electron chi connectivity index (χ2n) is 5.93. The van der Waals surface area contributed by atoms with Gasteiger partial charge in [-0.25, -0.2) is 0 Å². The summed E-state index contributed by atoms with van der Waals surface area (Å²) in [5.41, 5.74) is -0.468. The monoisotopic (exact) mass is 244 g/mol. The molecule has 0 amide bonds. The molecule has 2 atom stereocenters. The van der Waals surface area contributed by atoms with Crippen LogP contribution in [0.3, 0.4) is 0 Å². The highest BCUT2D eigenvalue weighted by Crippen LogP contribution is 2.17. The van der Waals surface area contributed by atoms with Crippen LogP contribution in [0.2, 0.25) is 0 Å². The summed E-state index contributed by atoms with van der Waals surface area (Å²) in [4.78, 5) is 11.5. The zero-order valence-corrected chi connectivity index (χ0v) is 12.0. The van der Waals surface area contributed by atoms with Gasteiger partial charge in [-0.2, -0.15) is 0 Å². The van der Waals surface area contributed by atoms with Crippen LogP contribution in [0, 0.1) is 5.92 Å². The van der Waals surface area contributed by atoms with Gasteiger partial charge in [0.2, 0.25) is 0 Å². The molecular formula is C14H28O3. The number of aliphatic hydroxyl groups is 1. The number of hydrogen-bond acceptors (Lipinski definition) is 3. The summed E-state index contributed by atoms with van der Waals surface area (Å²) < 4.78 is 5.17. The fourth-order valence-electron chi connectivity index (χ4n) is 1.79. The van der Waals surface area contributed by atoms with Gasteiger partial charge in [-0.15, -0.1) is 0 Å². The third-order valence-corrected chi connectivity index (χ3v) is 2.55. The first-order chi connectivity index (χ1) is 7.74. The van der Waals surface area contributed by atoms with E-state index >= 15 is 0 Å². The zero-order chi connectivity index (χ0) is 13.5. The molecule has 0 radical (unpaired) electrons. The van der Waals surface area contributed by atoms with E-state index in [1.165, 1.54) is 12.8 Å². The molecule has 0 unspecified atom stereocenters. The molecule has 0 aromatic carbocycles. The number of ether oxygens (including phenoxy) is 1. The molecule has 3 heteroatoms. The van der Waals surface area contributed by atoms with E-state index in [-0.39, 0.29) is 12.4 Å². The number of hydrogen-bond donors (Lipinski definition) is 1. The van der Waals surface area contributed by atoms with Crippen molar-refractivity contribution in [1.82, 2.24) is 0 Å². The fraction of sp³-hybridized carbons (Fsp3) is 0.929. The van der Waals surface area contributed by atoms with Gasteiger partial charge >= 0.3 is 5.97 Å². The second kappa shape index (κ2) is 7.70. The molecule has 0 spiro atoms. The molecule has 0 aromatic heterocycles. The Bertz CT molecular complexity index is 218. The average Bonchev–Trinajstić information content (AvgIpc) is 2.10. The molecule has 17 heavy (non-hydrogen) atoms. The van der Waals surface area contributed by atoms with Crippen molar-refractivity contribution in [3.8, 4) is 0 Å². The lowest BCUT2D eigenvalue weighted by atomic mass is 9.96. The van der Waals surface area contributed by atoms with Gasteiger partial charge in [0.1, 0.15) is 5.60 Å². The molecule has 0 heterocycles. The van der Waals surface area contributed by atoms with E-state index in [9.17, 15) is 9.90 Å². The number of carbonyl (C=O) groups is 1. The van der Waals surface area contributed by atoms with Crippen LogP contribution < -0.4 is 0 Å². The van der Waals surface area contributed by atoms with E-state index in [4.69, 9.17) is 4.74 Å². The van der Waals surface area contributed by atoms with Crippen LogP contribution in [0.25, 0.3) is 0 Å². The normalized spacial score (nSPS) is 15.4. The molecule has 0 aliphatic heterocycles. The molecule has 0 bridgehead atoms. The quantitative estimate of drug-likeness (QED) is 0.699. The lowest BCUT2D eigenvalue weighted by molar-refractivity contribution is -0.157. The molecule has 1 N–H and O–H groups in total. The topological polar surface area (TPSA) is 46.5 Å². The van der Waals surface area contributed by atoms with Crippen molar-refractivity contribution in [1.29, 1.82) is 0 Å². The van der Waals surface area contributed by atoms with Gasteiger partial charge in [0.25, 0.3) is 0 Å². The maximum absolute atomic E-state index is 11.5. The van der Waals surface area contributed by atoms with Crippen molar-refractivity contribution in [2.75, 3.05) is 0 Å². The maximum atomic E-state index is 11.5. The number of esters is 1. The van der Waals surface area contributed by atoms with E-state index in [1.807, 2.05) is 20.8 Å². The summed E-state index contributed by atoms with van der Waals surface area (Å²) in [5.74, 6) is 0.153. The third kappa shape index (κ3) is 10.3. The van der Waals surface area contributed by atoms with Crippen LogP contribution in [0.5, 0.6) is 0 Å². The smallest absolute Gasteiger partial charge is 0.308 e. The van der Waals surface area contributed by atoms with Gasteiger partial charge in [-0.05, 0) is 33.1 Å². The predicted molar refractivity (Wildman–Crippen MR) is 69.8 cm³/mol. The number of carbonyl (C=O) groups excluding carboxylic acids is 1. The highest BCUT2D eigenvalue weighted by Gasteiger charge is 2.20. The lowest BCUT2D eigenvalue weighted by Gasteiger charge is -2.21. The minimum absolute atomic E-state index is 0.105. The summed E-state index contributed by atoms with van der Waals surface area (Å²) in [6.45, 7) is 9.78. The summed E-state index contributed by atoms with van der Waals surface area (Å²) in [6.07, 6.45) is 3.68. The Morgan fingerprint density at radius 2 is 1.94 bits per heavy atom. The van der Waals surface area contributed by atoms with Crippen LogP contribution in [0.15, 0.2) is 0 Å². The Morgan fingerprint density at radius 1 is 1.35 bits per heavy atom. The molecule has 0 aliphatic carbocycles. The minimum Gasteiger partial charge on any atom is -0.460 e. The molecule has 0 aliphatic rings. The molecule has 102 valence electrons.